The van der Waals surface area contributed by atoms with E-state index in [1.807, 2.05) is 0 Å². The number of rotatable bonds is 0. The lowest BCUT2D eigenvalue weighted by Gasteiger charge is -2.28. The summed E-state index contributed by atoms with van der Waals surface area (Å²) in [5.41, 5.74) is 0.0880. The number of fused-ring (bicyclic) bond motifs is 1. The average Bonchev–Trinajstić information content (AvgIpc) is 2.50. The highest BCUT2D eigenvalue weighted by Crippen LogP contribution is 2.67. The van der Waals surface area contributed by atoms with E-state index in [-0.39, 0.29) is 16.9 Å². The van der Waals surface area contributed by atoms with Crippen LogP contribution in [0, 0.1) is 23.2 Å². The monoisotopic (exact) mass is 214 g/mol. The Labute approximate surface area is 85.3 Å². The van der Waals surface area contributed by atoms with E-state index < -0.39 is 10.0 Å². The Morgan fingerprint density at radius 3 is 2.71 bits per heavy atom. The third-order valence-corrected chi connectivity index (χ3v) is 6.38. The summed E-state index contributed by atoms with van der Waals surface area (Å²) in [7, 11) is -3.00. The molecule has 2 aliphatic carbocycles. The van der Waals surface area contributed by atoms with Crippen LogP contribution in [0.4, 0.5) is 0 Å². The molecule has 1 aliphatic heterocycles. The molecular formula is C10H16NO2S+. The molecule has 1 saturated heterocycles. The first kappa shape index (κ1) is 9.04. The molecule has 0 aromatic carbocycles. The van der Waals surface area contributed by atoms with E-state index in [0.29, 0.717) is 11.7 Å². The van der Waals surface area contributed by atoms with Gasteiger partial charge in [-0.3, -0.25) is 0 Å². The summed E-state index contributed by atoms with van der Waals surface area (Å²) >= 11 is 0. The van der Waals surface area contributed by atoms with Gasteiger partial charge in [-0.05, 0) is 6.42 Å². The van der Waals surface area contributed by atoms with Crippen molar-refractivity contribution in [2.24, 2.45) is 16.7 Å². The number of hydrogen-bond acceptors (Lipinski definition) is 2. The first-order chi connectivity index (χ1) is 6.37. The fourth-order valence-electron chi connectivity index (χ4n) is 3.84. The first-order valence-electron chi connectivity index (χ1n) is 5.22. The van der Waals surface area contributed by atoms with Crippen molar-refractivity contribution in [2.75, 3.05) is 5.75 Å². The second-order valence-electron chi connectivity index (χ2n) is 5.56. The van der Waals surface area contributed by atoms with Gasteiger partial charge in [0.25, 0.3) is 0 Å². The molecule has 3 atom stereocenters. The van der Waals surface area contributed by atoms with E-state index in [2.05, 4.69) is 25.0 Å². The van der Waals surface area contributed by atoms with Crippen molar-refractivity contribution in [2.45, 2.75) is 32.7 Å². The van der Waals surface area contributed by atoms with Crippen LogP contribution in [0.15, 0.2) is 0 Å². The molecule has 1 spiro atoms. The molecule has 2 bridgehead atoms. The van der Waals surface area contributed by atoms with Gasteiger partial charge in [0.15, 0.2) is 0 Å². The molecule has 14 heavy (non-hydrogen) atoms. The van der Waals surface area contributed by atoms with Crippen LogP contribution in [0.1, 0.15) is 26.7 Å². The van der Waals surface area contributed by atoms with Crippen LogP contribution in [-0.2, 0) is 10.0 Å². The Morgan fingerprint density at radius 1 is 1.43 bits per heavy atom. The van der Waals surface area contributed by atoms with Crippen LogP contribution in [0.5, 0.6) is 0 Å². The van der Waals surface area contributed by atoms with E-state index >= 15 is 0 Å². The maximum Gasteiger partial charge on any atom is 0.216 e. The zero-order valence-electron chi connectivity index (χ0n) is 8.58. The molecule has 3 aliphatic rings. The predicted octanol–water partition coefficient (Wildman–Crippen LogP) is 0.928. The van der Waals surface area contributed by atoms with Gasteiger partial charge in [-0.2, -0.15) is 0 Å². The van der Waals surface area contributed by atoms with Crippen molar-refractivity contribution in [3.8, 4) is 0 Å². The predicted molar refractivity (Wildman–Crippen MR) is 53.9 cm³/mol. The molecular weight excluding hydrogens is 198 g/mol. The summed E-state index contributed by atoms with van der Waals surface area (Å²) in [6.07, 6.45) is 4.40. The van der Waals surface area contributed by atoms with Gasteiger partial charge < -0.3 is 0 Å². The SMILES string of the molecule is CC1(C)C2C[CH+]C13CS(=O)(=O)N[C@@H]3C2. The highest BCUT2D eigenvalue weighted by molar-refractivity contribution is 7.89. The standard InChI is InChI=1S/C10H16NO2S/c1-9(2)7-3-4-10(9)6-14(12,13)11-8(10)5-7/h4,7-8,11H,3,5-6H2,1-2H3/q+1/t7?,8-,10?/m1/s1. The van der Waals surface area contributed by atoms with E-state index in [1.54, 1.807) is 0 Å². The lowest BCUT2D eigenvalue weighted by molar-refractivity contribution is 0.174. The molecule has 3 rings (SSSR count). The molecule has 3 fully saturated rings. The highest BCUT2D eigenvalue weighted by Gasteiger charge is 2.75. The Kier molecular flexibility index (Phi) is 1.38. The van der Waals surface area contributed by atoms with Crippen LogP contribution in [0.25, 0.3) is 0 Å². The van der Waals surface area contributed by atoms with Crippen LogP contribution < -0.4 is 4.72 Å². The Balaban J connectivity index is 2.13. The molecule has 3 nitrogen and oxygen atoms in total. The summed E-state index contributed by atoms with van der Waals surface area (Å²) in [4.78, 5) is 0. The minimum atomic E-state index is -3.00. The summed E-state index contributed by atoms with van der Waals surface area (Å²) in [6, 6.07) is 0.182. The van der Waals surface area contributed by atoms with E-state index in [4.69, 9.17) is 0 Å². The molecule has 1 heterocycles. The lowest BCUT2D eigenvalue weighted by Crippen LogP contribution is -2.40. The minimum absolute atomic E-state index is 0.0729. The largest absolute Gasteiger partial charge is 0.216 e. The second kappa shape index (κ2) is 2.14. The Hall–Kier alpha value is -0.220. The molecule has 0 aromatic heterocycles. The van der Waals surface area contributed by atoms with Crippen molar-refractivity contribution in [1.82, 2.24) is 4.72 Å². The molecule has 1 N–H and O–H groups in total. The summed E-state index contributed by atoms with van der Waals surface area (Å²) in [5.74, 6) is 0.990. The van der Waals surface area contributed by atoms with Crippen LogP contribution in [0.2, 0.25) is 0 Å². The van der Waals surface area contributed by atoms with E-state index in [0.717, 1.165) is 12.8 Å². The van der Waals surface area contributed by atoms with Crippen molar-refractivity contribution < 1.29 is 8.42 Å². The average molecular weight is 214 g/mol. The second-order valence-corrected chi connectivity index (χ2v) is 7.32. The molecule has 2 unspecified atom stereocenters. The van der Waals surface area contributed by atoms with Gasteiger partial charge in [0.05, 0.1) is 18.9 Å². The molecule has 0 amide bonds. The van der Waals surface area contributed by atoms with Crippen molar-refractivity contribution >= 4 is 10.0 Å². The van der Waals surface area contributed by atoms with Gasteiger partial charge in [-0.1, -0.05) is 13.8 Å². The zero-order chi connectivity index (χ0) is 10.2. The Morgan fingerprint density at radius 2 is 2.14 bits per heavy atom. The number of sulfonamides is 1. The van der Waals surface area contributed by atoms with E-state index in [1.165, 1.54) is 0 Å². The fourth-order valence-corrected chi connectivity index (χ4v) is 5.98. The number of hydrogen-bond donors (Lipinski definition) is 1. The third-order valence-electron chi connectivity index (χ3n) is 4.88. The molecule has 2 saturated carbocycles. The van der Waals surface area contributed by atoms with Gasteiger partial charge in [0, 0.05) is 11.3 Å². The van der Waals surface area contributed by atoms with Gasteiger partial charge in [-0.25, -0.2) is 13.1 Å². The van der Waals surface area contributed by atoms with Crippen LogP contribution in [-0.4, -0.2) is 20.2 Å². The van der Waals surface area contributed by atoms with Crippen LogP contribution >= 0.6 is 0 Å². The zero-order valence-corrected chi connectivity index (χ0v) is 9.39. The van der Waals surface area contributed by atoms with Crippen LogP contribution in [0.3, 0.4) is 0 Å². The van der Waals surface area contributed by atoms with Gasteiger partial charge in [0.1, 0.15) is 11.2 Å². The minimum Gasteiger partial charge on any atom is -0.212 e. The first-order valence-corrected chi connectivity index (χ1v) is 6.87. The smallest absolute Gasteiger partial charge is 0.212 e. The molecule has 0 radical (unpaired) electrons. The van der Waals surface area contributed by atoms with Gasteiger partial charge in [0.2, 0.25) is 10.0 Å². The van der Waals surface area contributed by atoms with Crippen molar-refractivity contribution in [1.29, 1.82) is 0 Å². The molecule has 0 aromatic rings. The quantitative estimate of drug-likeness (QED) is 0.610. The fraction of sp³-hybridized carbons (Fsp3) is 0.900. The third kappa shape index (κ3) is 0.784. The summed E-state index contributed by atoms with van der Waals surface area (Å²) in [6.45, 7) is 4.45. The number of nitrogens with one attached hydrogen (secondary N) is 1. The summed E-state index contributed by atoms with van der Waals surface area (Å²) in [5, 5.41) is 0. The highest BCUT2D eigenvalue weighted by atomic mass is 32.2. The maximum absolute atomic E-state index is 11.6. The summed E-state index contributed by atoms with van der Waals surface area (Å²) < 4.78 is 26.0. The normalized spacial score (nSPS) is 51.6. The van der Waals surface area contributed by atoms with Gasteiger partial charge in [-0.15, -0.1) is 0 Å². The van der Waals surface area contributed by atoms with Gasteiger partial charge >= 0.3 is 0 Å². The Bertz CT molecular complexity index is 387. The lowest BCUT2D eigenvalue weighted by atomic mass is 9.69. The molecule has 78 valence electrons. The van der Waals surface area contributed by atoms with Crippen molar-refractivity contribution in [3.05, 3.63) is 6.42 Å². The maximum atomic E-state index is 11.6. The molecule has 4 heteroatoms. The van der Waals surface area contributed by atoms with Crippen molar-refractivity contribution in [3.63, 3.8) is 0 Å². The topological polar surface area (TPSA) is 46.2 Å². The van der Waals surface area contributed by atoms with E-state index in [9.17, 15) is 8.42 Å².